The van der Waals surface area contributed by atoms with Gasteiger partial charge in [-0.05, 0) is 4.92 Å². The van der Waals surface area contributed by atoms with Gasteiger partial charge in [-0.15, -0.1) is 0 Å². The summed E-state index contributed by atoms with van der Waals surface area (Å²) in [6, 6.07) is 0. The number of rotatable bonds is 5. The molecule has 0 aromatic carbocycles. The number of imidazole rings is 1. The maximum absolute atomic E-state index is 11.5. The predicted octanol–water partition coefficient (Wildman–Crippen LogP) is -0.296. The number of amides is 1. The van der Waals surface area contributed by atoms with Crippen molar-refractivity contribution in [2.75, 3.05) is 20.3 Å². The van der Waals surface area contributed by atoms with E-state index in [1.807, 2.05) is 0 Å². The molecule has 0 bridgehead atoms. The molecule has 0 atom stereocenters. The number of nitrogens with one attached hydrogen (secondary N) is 1. The Labute approximate surface area is 91.4 Å². The quantitative estimate of drug-likeness (QED) is 0.424. The van der Waals surface area contributed by atoms with Crippen molar-refractivity contribution in [3.05, 3.63) is 22.0 Å². The third-order valence-corrected chi connectivity index (χ3v) is 1.95. The van der Waals surface area contributed by atoms with Crippen molar-refractivity contribution >= 4 is 11.9 Å². The van der Waals surface area contributed by atoms with Crippen molar-refractivity contribution < 1.29 is 14.5 Å². The second-order valence-electron chi connectivity index (χ2n) is 3.01. The topological polar surface area (TPSA) is 99.3 Å². The molecule has 1 rings (SSSR count). The van der Waals surface area contributed by atoms with Crippen LogP contribution in [0.4, 0.5) is 5.95 Å². The SMILES string of the molecule is COCCNC(=O)c1cnc([N+](=O)[O-])n1C. The van der Waals surface area contributed by atoms with Crippen LogP contribution in [0.3, 0.4) is 0 Å². The van der Waals surface area contributed by atoms with E-state index in [1.54, 1.807) is 0 Å². The number of aromatic nitrogens is 2. The highest BCUT2D eigenvalue weighted by molar-refractivity contribution is 5.92. The van der Waals surface area contributed by atoms with E-state index in [0.717, 1.165) is 4.57 Å². The largest absolute Gasteiger partial charge is 0.434 e. The summed E-state index contributed by atoms with van der Waals surface area (Å²) in [6.07, 6.45) is 1.17. The number of nitrogens with zero attached hydrogens (tertiary/aromatic N) is 3. The molecule has 8 heteroatoms. The van der Waals surface area contributed by atoms with Gasteiger partial charge >= 0.3 is 5.95 Å². The maximum atomic E-state index is 11.5. The van der Waals surface area contributed by atoms with Gasteiger partial charge in [0, 0.05) is 13.7 Å². The molecule has 1 amide bonds. The molecule has 8 nitrogen and oxygen atoms in total. The Morgan fingerprint density at radius 1 is 1.75 bits per heavy atom. The zero-order valence-corrected chi connectivity index (χ0v) is 8.97. The minimum Gasteiger partial charge on any atom is -0.390 e. The van der Waals surface area contributed by atoms with Gasteiger partial charge in [-0.3, -0.25) is 4.79 Å². The lowest BCUT2D eigenvalue weighted by Crippen LogP contribution is -2.28. The molecule has 0 aliphatic heterocycles. The lowest BCUT2D eigenvalue weighted by Gasteiger charge is -2.02. The first kappa shape index (κ1) is 12.1. The van der Waals surface area contributed by atoms with Crippen molar-refractivity contribution in [3.63, 3.8) is 0 Å². The molecular weight excluding hydrogens is 216 g/mol. The van der Waals surface area contributed by atoms with Crippen molar-refractivity contribution in [3.8, 4) is 0 Å². The fraction of sp³-hybridized carbons (Fsp3) is 0.500. The van der Waals surface area contributed by atoms with Crippen LogP contribution >= 0.6 is 0 Å². The average molecular weight is 228 g/mol. The minimum absolute atomic E-state index is 0.141. The lowest BCUT2D eigenvalue weighted by atomic mass is 10.4. The molecule has 0 unspecified atom stereocenters. The molecular formula is C8H12N4O4. The van der Waals surface area contributed by atoms with Crippen LogP contribution in [0.15, 0.2) is 6.20 Å². The van der Waals surface area contributed by atoms with Crippen LogP contribution in [0.25, 0.3) is 0 Å². The normalized spacial score (nSPS) is 10.1. The number of carbonyl (C=O) groups is 1. The fourth-order valence-electron chi connectivity index (χ4n) is 1.14. The van der Waals surface area contributed by atoms with Gasteiger partial charge in [-0.25, -0.2) is 4.57 Å². The van der Waals surface area contributed by atoms with E-state index in [2.05, 4.69) is 10.3 Å². The summed E-state index contributed by atoms with van der Waals surface area (Å²) >= 11 is 0. The highest BCUT2D eigenvalue weighted by Crippen LogP contribution is 2.09. The van der Waals surface area contributed by atoms with Crippen molar-refractivity contribution in [1.29, 1.82) is 0 Å². The Kier molecular flexibility index (Phi) is 3.95. The van der Waals surface area contributed by atoms with E-state index in [1.165, 1.54) is 20.4 Å². The first-order valence-corrected chi connectivity index (χ1v) is 4.51. The van der Waals surface area contributed by atoms with Gasteiger partial charge in [-0.2, -0.15) is 0 Å². The Morgan fingerprint density at radius 2 is 2.44 bits per heavy atom. The third-order valence-electron chi connectivity index (χ3n) is 1.95. The molecule has 0 aliphatic rings. The molecule has 0 saturated heterocycles. The molecule has 0 aliphatic carbocycles. The van der Waals surface area contributed by atoms with Gasteiger partial charge in [0.1, 0.15) is 0 Å². The van der Waals surface area contributed by atoms with Crippen LogP contribution in [0.5, 0.6) is 0 Å². The van der Waals surface area contributed by atoms with Crippen LogP contribution in [0, 0.1) is 10.1 Å². The Bertz CT molecular complexity index is 401. The van der Waals surface area contributed by atoms with Gasteiger partial charge in [0.05, 0.1) is 13.7 Å². The molecule has 0 radical (unpaired) electrons. The number of methoxy groups -OCH3 is 1. The molecule has 88 valence electrons. The fourth-order valence-corrected chi connectivity index (χ4v) is 1.14. The van der Waals surface area contributed by atoms with Gasteiger partial charge < -0.3 is 20.2 Å². The Hall–Kier alpha value is -1.96. The average Bonchev–Trinajstić information content (AvgIpc) is 2.60. The van der Waals surface area contributed by atoms with Crippen LogP contribution in [0.2, 0.25) is 0 Å². The van der Waals surface area contributed by atoms with E-state index >= 15 is 0 Å². The second kappa shape index (κ2) is 5.21. The summed E-state index contributed by atoms with van der Waals surface area (Å²) in [5.74, 6) is -0.781. The summed E-state index contributed by atoms with van der Waals surface area (Å²) in [6.45, 7) is 0.722. The molecule has 1 heterocycles. The van der Waals surface area contributed by atoms with Crippen molar-refractivity contribution in [2.45, 2.75) is 0 Å². The minimum atomic E-state index is -0.647. The lowest BCUT2D eigenvalue weighted by molar-refractivity contribution is -0.396. The highest BCUT2D eigenvalue weighted by atomic mass is 16.6. The van der Waals surface area contributed by atoms with Crippen LogP contribution < -0.4 is 5.32 Å². The van der Waals surface area contributed by atoms with Crippen molar-refractivity contribution in [1.82, 2.24) is 14.9 Å². The molecule has 0 spiro atoms. The molecule has 0 saturated carbocycles. The van der Waals surface area contributed by atoms with Crippen LogP contribution in [-0.4, -0.2) is 40.6 Å². The molecule has 1 aromatic rings. The van der Waals surface area contributed by atoms with E-state index in [-0.39, 0.29) is 11.6 Å². The smallest absolute Gasteiger partial charge is 0.390 e. The summed E-state index contributed by atoms with van der Waals surface area (Å²) in [5.41, 5.74) is 0.141. The number of ether oxygens (including phenoxy) is 1. The maximum Gasteiger partial charge on any atom is 0.434 e. The van der Waals surface area contributed by atoms with Crippen LogP contribution in [0.1, 0.15) is 10.5 Å². The number of hydrogen-bond acceptors (Lipinski definition) is 5. The third kappa shape index (κ3) is 2.54. The van der Waals surface area contributed by atoms with Gasteiger partial charge in [-0.1, -0.05) is 4.98 Å². The Balaban J connectivity index is 2.73. The zero-order chi connectivity index (χ0) is 12.1. The zero-order valence-electron chi connectivity index (χ0n) is 8.97. The van der Waals surface area contributed by atoms with Crippen molar-refractivity contribution in [2.24, 2.45) is 7.05 Å². The number of nitro groups is 1. The molecule has 0 fully saturated rings. The van der Waals surface area contributed by atoms with Gasteiger partial charge in [0.25, 0.3) is 5.91 Å². The van der Waals surface area contributed by atoms with Gasteiger partial charge in [0.15, 0.2) is 6.20 Å². The second-order valence-corrected chi connectivity index (χ2v) is 3.01. The molecule has 1 aromatic heterocycles. The summed E-state index contributed by atoms with van der Waals surface area (Å²) in [4.78, 5) is 24.9. The highest BCUT2D eigenvalue weighted by Gasteiger charge is 2.22. The van der Waals surface area contributed by atoms with E-state index < -0.39 is 10.8 Å². The van der Waals surface area contributed by atoms with Gasteiger partial charge in [0.2, 0.25) is 5.69 Å². The van der Waals surface area contributed by atoms with E-state index in [9.17, 15) is 14.9 Å². The van der Waals surface area contributed by atoms with Crippen LogP contribution in [-0.2, 0) is 11.8 Å². The summed E-state index contributed by atoms with van der Waals surface area (Å²) in [7, 11) is 2.93. The molecule has 1 N–H and O–H groups in total. The Morgan fingerprint density at radius 3 is 2.94 bits per heavy atom. The monoisotopic (exact) mass is 228 g/mol. The predicted molar refractivity (Wildman–Crippen MR) is 54.1 cm³/mol. The standard InChI is InChI=1S/C8H12N4O4/c1-11-6(5-10-8(11)12(14)15)7(13)9-3-4-16-2/h5H,3-4H2,1-2H3,(H,9,13). The first-order chi connectivity index (χ1) is 7.57. The number of carbonyl (C=O) groups excluding carboxylic acids is 1. The first-order valence-electron chi connectivity index (χ1n) is 4.51. The molecule has 16 heavy (non-hydrogen) atoms. The summed E-state index contributed by atoms with van der Waals surface area (Å²) < 4.78 is 5.88. The van der Waals surface area contributed by atoms with E-state index in [4.69, 9.17) is 4.74 Å². The number of hydrogen-bond donors (Lipinski definition) is 1. The summed E-state index contributed by atoms with van der Waals surface area (Å²) in [5, 5.41) is 13.0. The van der Waals surface area contributed by atoms with E-state index in [0.29, 0.717) is 13.2 Å².